The second-order valence-electron chi connectivity index (χ2n) is 13.7. The molecule has 2 aliphatic heterocycles. The highest BCUT2D eigenvalue weighted by atomic mass is 31.2. The standard InChI is InChI=1S/C32H41N13O16P2/c33-18(2-1-8-37-32(49)55-11-16-3-5-17(6-4-16)42-43-36)30(47)60-26-21(59-29(25(26)46)45-15-40-24-27(35)38-14-39-28(24)45)13-57-63(53,54)61-19-10-23(44-9-7-22(34)41-31(44)48)58-20(19)12-56-62(50,51)52/h3-7,9,14-15,18-21,23,25-26,29,46H,1-2,8,10-13,33H2,(H,37,49)(H,53,54)(H2,34,41,48)(H2,35,38,39)(H2,50,51,52)/t18-,19-,20+,21+,23+,25+,26+,29+/m0/s1. The van der Waals surface area contributed by atoms with Crippen molar-refractivity contribution >= 4 is 56.2 Å². The molecule has 5 heterocycles. The largest absolute Gasteiger partial charge is 0.472 e. The number of esters is 1. The van der Waals surface area contributed by atoms with Crippen molar-refractivity contribution in [2.45, 2.75) is 74.9 Å². The Balaban J connectivity index is 1.09. The molecule has 9 atom stereocenters. The average Bonchev–Trinajstić information content (AvgIpc) is 3.92. The maximum Gasteiger partial charge on any atom is 0.472 e. The highest BCUT2D eigenvalue weighted by Crippen LogP contribution is 2.50. The number of carbonyl (C=O) groups excluding carboxylic acids is 2. The molecule has 0 bridgehead atoms. The SMILES string of the molecule is [N-]=[N+]=Nc1ccc(COC(=O)NCCC[C@H](N)C(=O)O[C@H]2[C@@H](O)[C@H](n3cnc4c(N)ncnc43)O[C@@H]2COP(=O)(O)O[C@H]2C[C@H](n3ccc(N)nc3=O)O[C@@H]2COP(=O)(O)O)cc1. The number of azide groups is 1. The minimum atomic E-state index is -5.21. The predicted molar refractivity (Wildman–Crippen MR) is 210 cm³/mol. The number of phosphoric ester groups is 2. The van der Waals surface area contributed by atoms with E-state index in [1.165, 1.54) is 23.2 Å². The van der Waals surface area contributed by atoms with Crippen LogP contribution in [-0.2, 0) is 53.1 Å². The van der Waals surface area contributed by atoms with Crippen molar-refractivity contribution in [3.05, 3.63) is 75.7 Å². The summed E-state index contributed by atoms with van der Waals surface area (Å²) in [4.78, 5) is 85.8. The van der Waals surface area contributed by atoms with Crippen LogP contribution in [0.15, 0.2) is 59.1 Å². The van der Waals surface area contributed by atoms with Gasteiger partial charge < -0.3 is 61.3 Å². The fraction of sp³-hybridized carbons (Fsp3) is 0.469. The molecular weight excluding hydrogens is 884 g/mol. The number of phosphoric acid groups is 2. The van der Waals surface area contributed by atoms with E-state index in [0.717, 1.165) is 10.9 Å². The van der Waals surface area contributed by atoms with Gasteiger partial charge in [0.05, 0.1) is 19.5 Å². The first-order valence-corrected chi connectivity index (χ1v) is 21.6. The van der Waals surface area contributed by atoms with Gasteiger partial charge in [-0.15, -0.1) is 0 Å². The quantitative estimate of drug-likeness (QED) is 0.0156. The van der Waals surface area contributed by atoms with E-state index in [0.29, 0.717) is 11.3 Å². The molecule has 3 aromatic heterocycles. The molecule has 2 aliphatic rings. The van der Waals surface area contributed by atoms with E-state index in [9.17, 15) is 43.3 Å². The van der Waals surface area contributed by atoms with Crippen molar-refractivity contribution < 1.29 is 71.0 Å². The third-order valence-electron chi connectivity index (χ3n) is 9.37. The number of hydrogen-bond donors (Lipinski definition) is 8. The summed E-state index contributed by atoms with van der Waals surface area (Å²) in [6.07, 6.45) is -7.78. The Hall–Kier alpha value is -5.64. The Morgan fingerprint density at radius 3 is 2.51 bits per heavy atom. The first-order valence-electron chi connectivity index (χ1n) is 18.5. The van der Waals surface area contributed by atoms with Crippen LogP contribution in [0, 0.1) is 0 Å². The van der Waals surface area contributed by atoms with Crippen LogP contribution < -0.4 is 28.2 Å². The number of aromatic nitrogens is 6. The van der Waals surface area contributed by atoms with Gasteiger partial charge in [-0.25, -0.2) is 33.7 Å². The Morgan fingerprint density at radius 1 is 1.05 bits per heavy atom. The zero-order chi connectivity index (χ0) is 45.5. The molecule has 6 rings (SSSR count). The van der Waals surface area contributed by atoms with E-state index in [1.807, 2.05) is 0 Å². The fourth-order valence-corrected chi connectivity index (χ4v) is 7.67. The topological polar surface area (TPSA) is 431 Å². The number of amides is 1. The van der Waals surface area contributed by atoms with E-state index in [-0.39, 0.29) is 55.2 Å². The van der Waals surface area contributed by atoms with Gasteiger partial charge in [0.2, 0.25) is 0 Å². The maximum atomic E-state index is 13.4. The smallest absolute Gasteiger partial charge is 0.455 e. The van der Waals surface area contributed by atoms with Gasteiger partial charge in [-0.3, -0.25) is 27.5 Å². The summed E-state index contributed by atoms with van der Waals surface area (Å²) in [5.74, 6) is -1.14. The van der Waals surface area contributed by atoms with E-state index in [1.54, 1.807) is 24.3 Å². The number of aliphatic hydroxyl groups is 1. The van der Waals surface area contributed by atoms with Crippen LogP contribution in [-0.4, -0.2) is 117 Å². The average molecular weight is 926 g/mol. The van der Waals surface area contributed by atoms with E-state index >= 15 is 0 Å². The number of nitrogens with two attached hydrogens (primary N) is 3. The van der Waals surface area contributed by atoms with Gasteiger partial charge >= 0.3 is 33.4 Å². The number of benzene rings is 1. The fourth-order valence-electron chi connectivity index (χ4n) is 6.36. The molecule has 1 amide bonds. The van der Waals surface area contributed by atoms with Gasteiger partial charge in [-0.2, -0.15) is 4.98 Å². The van der Waals surface area contributed by atoms with Gasteiger partial charge in [0.25, 0.3) is 0 Å². The zero-order valence-corrected chi connectivity index (χ0v) is 34.3. The first kappa shape index (κ1) is 46.9. The van der Waals surface area contributed by atoms with Crippen LogP contribution in [0.5, 0.6) is 0 Å². The molecule has 11 N–H and O–H groups in total. The molecule has 63 heavy (non-hydrogen) atoms. The molecule has 340 valence electrons. The summed E-state index contributed by atoms with van der Waals surface area (Å²) in [5.41, 5.74) is 26.5. The van der Waals surface area contributed by atoms with Crippen LogP contribution in [0.25, 0.3) is 21.6 Å². The number of anilines is 2. The molecule has 0 saturated carbocycles. The van der Waals surface area contributed by atoms with Gasteiger partial charge in [0, 0.05) is 29.8 Å². The lowest BCUT2D eigenvalue weighted by molar-refractivity contribution is -0.158. The Bertz CT molecular complexity index is 2470. The molecule has 2 saturated heterocycles. The molecule has 0 aliphatic carbocycles. The van der Waals surface area contributed by atoms with Gasteiger partial charge in [0.15, 0.2) is 23.8 Å². The number of rotatable bonds is 19. The molecule has 0 spiro atoms. The van der Waals surface area contributed by atoms with Gasteiger partial charge in [0.1, 0.15) is 61.0 Å². The minimum absolute atomic E-state index is 0.000424. The number of hydrogen-bond acceptors (Lipinski definition) is 21. The van der Waals surface area contributed by atoms with E-state index in [4.69, 9.17) is 50.7 Å². The normalized spacial score (nSPS) is 23.7. The van der Waals surface area contributed by atoms with Gasteiger partial charge in [-0.1, -0.05) is 29.4 Å². The van der Waals surface area contributed by atoms with Crippen LogP contribution >= 0.6 is 15.6 Å². The number of fused-ring (bicyclic) bond motifs is 1. The number of nitrogens with zero attached hydrogens (tertiary/aromatic N) is 9. The third-order valence-corrected chi connectivity index (χ3v) is 10.9. The number of nitrogen functional groups attached to an aromatic ring is 2. The summed E-state index contributed by atoms with van der Waals surface area (Å²) in [5, 5.41) is 17.5. The van der Waals surface area contributed by atoms with Crippen LogP contribution in [0.2, 0.25) is 0 Å². The number of imidazole rings is 1. The molecule has 2 fully saturated rings. The molecular formula is C32H41N13O16P2. The Kier molecular flexibility index (Phi) is 15.1. The van der Waals surface area contributed by atoms with Crippen LogP contribution in [0.1, 0.15) is 37.3 Å². The van der Waals surface area contributed by atoms with Gasteiger partial charge in [-0.05, 0) is 30.0 Å². The lowest BCUT2D eigenvalue weighted by atomic mass is 10.1. The van der Waals surface area contributed by atoms with Crippen LogP contribution in [0.3, 0.4) is 0 Å². The number of ether oxygens (including phenoxy) is 4. The summed E-state index contributed by atoms with van der Waals surface area (Å²) in [6.45, 7) is -1.77. The molecule has 1 unspecified atom stereocenters. The summed E-state index contributed by atoms with van der Waals surface area (Å²) in [7, 11) is -10.3. The molecule has 29 nitrogen and oxygen atoms in total. The molecule has 4 aromatic rings. The lowest BCUT2D eigenvalue weighted by Gasteiger charge is -2.24. The molecule has 0 radical (unpaired) electrons. The van der Waals surface area contributed by atoms with Crippen molar-refractivity contribution in [1.82, 2.24) is 34.4 Å². The molecule has 1 aromatic carbocycles. The summed E-state index contributed by atoms with van der Waals surface area (Å²) >= 11 is 0. The highest BCUT2D eigenvalue weighted by molar-refractivity contribution is 7.47. The number of nitrogens with one attached hydrogen (secondary N) is 1. The molecule has 31 heteroatoms. The lowest BCUT2D eigenvalue weighted by Crippen LogP contribution is -2.43. The maximum absolute atomic E-state index is 13.4. The Morgan fingerprint density at radius 2 is 1.79 bits per heavy atom. The zero-order valence-electron chi connectivity index (χ0n) is 32.5. The third kappa shape index (κ3) is 12.3. The highest BCUT2D eigenvalue weighted by Gasteiger charge is 2.50. The van der Waals surface area contributed by atoms with E-state index in [2.05, 4.69) is 39.8 Å². The first-order chi connectivity index (χ1) is 29.9. The number of aliphatic hydroxyl groups excluding tert-OH is 1. The van der Waals surface area contributed by atoms with Crippen molar-refractivity contribution in [1.29, 1.82) is 0 Å². The number of carbonyl (C=O) groups is 2. The second kappa shape index (κ2) is 20.2. The van der Waals surface area contributed by atoms with Crippen molar-refractivity contribution in [2.24, 2.45) is 10.8 Å². The monoisotopic (exact) mass is 925 g/mol. The summed E-state index contributed by atoms with van der Waals surface area (Å²) < 4.78 is 64.7. The van der Waals surface area contributed by atoms with Crippen molar-refractivity contribution in [2.75, 3.05) is 31.2 Å². The second-order valence-corrected chi connectivity index (χ2v) is 16.4. The number of alkyl carbamates (subject to hydrolysis) is 1. The van der Waals surface area contributed by atoms with E-state index < -0.39 is 95.6 Å². The van der Waals surface area contributed by atoms with Crippen LogP contribution in [0.4, 0.5) is 22.1 Å². The van der Waals surface area contributed by atoms with Crippen molar-refractivity contribution in [3.8, 4) is 0 Å². The predicted octanol–water partition coefficient (Wildman–Crippen LogP) is 0.292. The Labute approximate surface area is 353 Å². The minimum Gasteiger partial charge on any atom is -0.455 e. The summed E-state index contributed by atoms with van der Waals surface area (Å²) in [6, 6.07) is 6.31. The van der Waals surface area contributed by atoms with Crippen molar-refractivity contribution in [3.63, 3.8) is 0 Å².